The summed E-state index contributed by atoms with van der Waals surface area (Å²) < 4.78 is 0. The van der Waals surface area contributed by atoms with E-state index in [1.54, 1.807) is 11.9 Å². The average Bonchev–Trinajstić information content (AvgIpc) is 2.93. The predicted molar refractivity (Wildman–Crippen MR) is 75.8 cm³/mol. The summed E-state index contributed by atoms with van der Waals surface area (Å²) in [7, 11) is 1.70. The second-order valence-corrected chi connectivity index (χ2v) is 4.69. The van der Waals surface area contributed by atoms with E-state index < -0.39 is 6.04 Å². The maximum atomic E-state index is 12.0. The number of nitrogens with zero attached hydrogens (tertiary/aromatic N) is 4. The van der Waals surface area contributed by atoms with Gasteiger partial charge in [0, 0.05) is 7.05 Å². The van der Waals surface area contributed by atoms with Crippen molar-refractivity contribution in [2.75, 3.05) is 23.8 Å². The number of H-pyrrole nitrogens is 1. The number of amides is 2. The molecule has 0 radical (unpaired) electrons. The summed E-state index contributed by atoms with van der Waals surface area (Å²) in [5.74, 6) is 0.225. The molecule has 3 heterocycles. The van der Waals surface area contributed by atoms with E-state index in [1.807, 2.05) is 6.92 Å². The van der Waals surface area contributed by atoms with Gasteiger partial charge in [0.05, 0.1) is 12.9 Å². The zero-order chi connectivity index (χ0) is 15.0. The molecule has 0 aromatic carbocycles. The molecule has 0 saturated carbocycles. The minimum absolute atomic E-state index is 0.0680. The van der Waals surface area contributed by atoms with Gasteiger partial charge in [-0.1, -0.05) is 6.92 Å². The molecule has 1 aliphatic rings. The molecule has 2 amide bonds. The molecule has 2 aromatic rings. The predicted octanol–water partition coefficient (Wildman–Crippen LogP) is -0.364. The minimum Gasteiger partial charge on any atom is -0.357 e. The molecule has 9 nitrogen and oxygen atoms in total. The maximum absolute atomic E-state index is 12.0. The Bertz CT molecular complexity index is 711. The smallest absolute Gasteiger partial charge is 0.249 e. The van der Waals surface area contributed by atoms with Gasteiger partial charge in [-0.15, -0.1) is 0 Å². The van der Waals surface area contributed by atoms with Crippen molar-refractivity contribution in [2.45, 2.75) is 19.4 Å². The van der Waals surface area contributed by atoms with Gasteiger partial charge < -0.3 is 15.2 Å². The molecule has 1 atom stereocenters. The van der Waals surface area contributed by atoms with Gasteiger partial charge in [0.25, 0.3) is 0 Å². The van der Waals surface area contributed by atoms with Gasteiger partial charge in [0.2, 0.25) is 17.8 Å². The van der Waals surface area contributed by atoms with Gasteiger partial charge in [-0.3, -0.25) is 14.9 Å². The van der Waals surface area contributed by atoms with Crippen LogP contribution in [0.25, 0.3) is 11.2 Å². The van der Waals surface area contributed by atoms with E-state index in [9.17, 15) is 9.59 Å². The number of fused-ring (bicyclic) bond motifs is 1. The molecule has 0 bridgehead atoms. The van der Waals surface area contributed by atoms with Gasteiger partial charge >= 0.3 is 0 Å². The third-order valence-corrected chi connectivity index (χ3v) is 3.40. The summed E-state index contributed by atoms with van der Waals surface area (Å²) in [5, 5.41) is 5.20. The van der Waals surface area contributed by atoms with Crippen LogP contribution < -0.4 is 15.5 Å². The number of rotatable bonds is 3. The van der Waals surface area contributed by atoms with Crippen LogP contribution in [-0.4, -0.2) is 51.4 Å². The summed E-state index contributed by atoms with van der Waals surface area (Å²) in [5.41, 5.74) is 1.09. The van der Waals surface area contributed by atoms with Gasteiger partial charge in [-0.2, -0.15) is 9.97 Å². The first-order chi connectivity index (χ1) is 10.1. The molecule has 1 aliphatic heterocycles. The Hall–Kier alpha value is -2.71. The van der Waals surface area contributed by atoms with E-state index in [2.05, 4.69) is 30.6 Å². The number of nitrogens with one attached hydrogen (secondary N) is 3. The summed E-state index contributed by atoms with van der Waals surface area (Å²) >= 11 is 0. The molecule has 2 aromatic heterocycles. The van der Waals surface area contributed by atoms with Gasteiger partial charge in [0.1, 0.15) is 11.6 Å². The van der Waals surface area contributed by atoms with Crippen molar-refractivity contribution < 1.29 is 9.59 Å². The summed E-state index contributed by atoms with van der Waals surface area (Å²) in [6.07, 6.45) is 2.07. The van der Waals surface area contributed by atoms with Crippen molar-refractivity contribution in [2.24, 2.45) is 0 Å². The molecular weight excluding hydrogens is 274 g/mol. The van der Waals surface area contributed by atoms with Crippen molar-refractivity contribution in [3.05, 3.63) is 6.33 Å². The van der Waals surface area contributed by atoms with Crippen LogP contribution in [0.2, 0.25) is 0 Å². The molecular formula is C12H15N7O2. The number of aromatic nitrogens is 4. The Kier molecular flexibility index (Phi) is 3.16. The van der Waals surface area contributed by atoms with E-state index in [0.717, 1.165) is 0 Å². The molecule has 1 fully saturated rings. The fourth-order valence-corrected chi connectivity index (χ4v) is 2.43. The number of imidazole rings is 1. The lowest BCUT2D eigenvalue weighted by Crippen LogP contribution is -2.58. The van der Waals surface area contributed by atoms with Crippen LogP contribution in [0.3, 0.4) is 0 Å². The Labute approximate surface area is 120 Å². The molecule has 0 aliphatic carbocycles. The zero-order valence-corrected chi connectivity index (χ0v) is 11.7. The number of hydrogen-bond acceptors (Lipinski definition) is 7. The van der Waals surface area contributed by atoms with E-state index in [4.69, 9.17) is 0 Å². The molecule has 3 N–H and O–H groups in total. The number of aromatic amines is 1. The summed E-state index contributed by atoms with van der Waals surface area (Å²) in [6, 6.07) is -0.450. The maximum Gasteiger partial charge on any atom is 0.249 e. The quantitative estimate of drug-likeness (QED) is 0.660. The fourth-order valence-electron chi connectivity index (χ4n) is 2.43. The topological polar surface area (TPSA) is 116 Å². The Balaban J connectivity index is 2.14. The van der Waals surface area contributed by atoms with E-state index in [0.29, 0.717) is 29.4 Å². The Morgan fingerprint density at radius 1 is 1.43 bits per heavy atom. The molecule has 21 heavy (non-hydrogen) atoms. The van der Waals surface area contributed by atoms with E-state index >= 15 is 0 Å². The van der Waals surface area contributed by atoms with E-state index in [-0.39, 0.29) is 18.4 Å². The summed E-state index contributed by atoms with van der Waals surface area (Å²) in [4.78, 5) is 41.0. The molecule has 110 valence electrons. The SMILES string of the molecule is CCC1C(=O)NC(=O)CN1c1nc(NC)nc2nc[nH]c12. The highest BCUT2D eigenvalue weighted by Gasteiger charge is 2.34. The van der Waals surface area contributed by atoms with Crippen LogP contribution in [-0.2, 0) is 9.59 Å². The molecule has 1 saturated heterocycles. The van der Waals surface area contributed by atoms with Crippen LogP contribution >= 0.6 is 0 Å². The molecule has 9 heteroatoms. The number of carbonyl (C=O) groups excluding carboxylic acids is 2. The summed E-state index contributed by atoms with van der Waals surface area (Å²) in [6.45, 7) is 1.95. The van der Waals surface area contributed by atoms with E-state index in [1.165, 1.54) is 6.33 Å². The highest BCUT2D eigenvalue weighted by Crippen LogP contribution is 2.26. The first-order valence-corrected chi connectivity index (χ1v) is 6.63. The second kappa shape index (κ2) is 5.00. The van der Waals surface area contributed by atoms with Crippen LogP contribution in [0.4, 0.5) is 11.8 Å². The Morgan fingerprint density at radius 3 is 2.95 bits per heavy atom. The van der Waals surface area contributed by atoms with Crippen molar-refractivity contribution in [3.63, 3.8) is 0 Å². The monoisotopic (exact) mass is 289 g/mol. The molecule has 1 unspecified atom stereocenters. The number of anilines is 2. The molecule has 3 rings (SSSR count). The third-order valence-electron chi connectivity index (χ3n) is 3.40. The highest BCUT2D eigenvalue weighted by atomic mass is 16.2. The van der Waals surface area contributed by atoms with Crippen LogP contribution in [0.1, 0.15) is 13.3 Å². The third kappa shape index (κ3) is 2.16. The van der Waals surface area contributed by atoms with Crippen LogP contribution in [0, 0.1) is 0 Å². The lowest BCUT2D eigenvalue weighted by molar-refractivity contribution is -0.132. The standard InChI is InChI=1S/C12H15N7O2/c1-3-6-11(21)16-7(20)4-19(6)10-8-9(15-5-14-8)17-12(13-2)18-10/h5-6H,3-4H2,1-2H3,(H,16,20,21)(H2,13,14,15,17,18). The molecule has 0 spiro atoms. The number of piperazine rings is 1. The minimum atomic E-state index is -0.450. The van der Waals surface area contributed by atoms with Gasteiger partial charge in [0.15, 0.2) is 11.5 Å². The highest BCUT2D eigenvalue weighted by molar-refractivity contribution is 6.05. The lowest BCUT2D eigenvalue weighted by atomic mass is 10.1. The van der Waals surface area contributed by atoms with Crippen molar-refractivity contribution >= 4 is 34.7 Å². The first-order valence-electron chi connectivity index (χ1n) is 6.63. The van der Waals surface area contributed by atoms with Gasteiger partial charge in [-0.05, 0) is 6.42 Å². The van der Waals surface area contributed by atoms with Gasteiger partial charge in [-0.25, -0.2) is 4.98 Å². The Morgan fingerprint density at radius 2 is 2.24 bits per heavy atom. The largest absolute Gasteiger partial charge is 0.357 e. The van der Waals surface area contributed by atoms with Crippen LogP contribution in [0.15, 0.2) is 6.33 Å². The number of carbonyl (C=O) groups is 2. The number of imide groups is 1. The van der Waals surface area contributed by atoms with Crippen molar-refractivity contribution in [1.82, 2.24) is 25.3 Å². The first kappa shape index (κ1) is 13.3. The van der Waals surface area contributed by atoms with Crippen LogP contribution in [0.5, 0.6) is 0 Å². The normalized spacial score (nSPS) is 19.0. The lowest BCUT2D eigenvalue weighted by Gasteiger charge is -2.34. The zero-order valence-electron chi connectivity index (χ0n) is 11.7. The average molecular weight is 289 g/mol. The van der Waals surface area contributed by atoms with Crippen molar-refractivity contribution in [3.8, 4) is 0 Å². The fraction of sp³-hybridized carbons (Fsp3) is 0.417. The second-order valence-electron chi connectivity index (χ2n) is 4.69. The van der Waals surface area contributed by atoms with Crippen molar-refractivity contribution in [1.29, 1.82) is 0 Å². The number of hydrogen-bond donors (Lipinski definition) is 3.